The molecule has 27 heavy (non-hydrogen) atoms. The van der Waals surface area contributed by atoms with Crippen LogP contribution in [0.1, 0.15) is 31.3 Å². The van der Waals surface area contributed by atoms with E-state index in [1.807, 2.05) is 45.0 Å². The van der Waals surface area contributed by atoms with Gasteiger partial charge >= 0.3 is 0 Å². The first-order valence-electron chi connectivity index (χ1n) is 9.25. The van der Waals surface area contributed by atoms with Gasteiger partial charge in [0.2, 0.25) is 0 Å². The van der Waals surface area contributed by atoms with E-state index in [4.69, 9.17) is 0 Å². The number of aromatic nitrogens is 2. The summed E-state index contributed by atoms with van der Waals surface area (Å²) in [5.74, 6) is 0.384. The van der Waals surface area contributed by atoms with Gasteiger partial charge in [-0.3, -0.25) is 4.79 Å². The third-order valence-corrected chi connectivity index (χ3v) is 4.40. The van der Waals surface area contributed by atoms with Crippen LogP contribution in [-0.4, -0.2) is 59.5 Å². The largest absolute Gasteiger partial charge is 0.369 e. The molecular formula is C20H28N6O. The average molecular weight is 368 g/mol. The highest BCUT2D eigenvalue weighted by Crippen LogP contribution is 2.20. The standard InChI is InChI=1S/C20H28N6O/c1-20(2,3)24-18-13-17(21-14-22-18)19(27)23-15-5-7-16(8-6-15)26-11-9-25(4)10-12-26/h5-8,13-14H,9-12H2,1-4H3,(H,23,27)(H,21,22,24). The fourth-order valence-corrected chi connectivity index (χ4v) is 2.95. The van der Waals surface area contributed by atoms with E-state index in [0.717, 1.165) is 31.9 Å². The Morgan fingerprint density at radius 1 is 1.04 bits per heavy atom. The first kappa shape index (κ1) is 19.1. The third-order valence-electron chi connectivity index (χ3n) is 4.40. The molecule has 0 saturated carbocycles. The maximum atomic E-state index is 12.5. The summed E-state index contributed by atoms with van der Waals surface area (Å²) in [6.45, 7) is 10.3. The van der Waals surface area contributed by atoms with Crippen LogP contribution in [0.5, 0.6) is 0 Å². The Labute approximate surface area is 160 Å². The summed E-state index contributed by atoms with van der Waals surface area (Å²) >= 11 is 0. The number of hydrogen-bond donors (Lipinski definition) is 2. The van der Waals surface area contributed by atoms with E-state index < -0.39 is 0 Å². The van der Waals surface area contributed by atoms with Gasteiger partial charge in [0.25, 0.3) is 5.91 Å². The summed E-state index contributed by atoms with van der Waals surface area (Å²) in [5.41, 5.74) is 2.13. The van der Waals surface area contributed by atoms with Crippen LogP contribution in [0.3, 0.4) is 0 Å². The van der Waals surface area contributed by atoms with Gasteiger partial charge in [0.15, 0.2) is 0 Å². The highest BCUT2D eigenvalue weighted by molar-refractivity contribution is 6.03. The second kappa shape index (κ2) is 7.92. The van der Waals surface area contributed by atoms with Crippen molar-refractivity contribution in [3.8, 4) is 0 Å². The minimum Gasteiger partial charge on any atom is -0.369 e. The highest BCUT2D eigenvalue weighted by atomic mass is 16.1. The number of likely N-dealkylation sites (N-methyl/N-ethyl adjacent to an activating group) is 1. The number of nitrogens with zero attached hydrogens (tertiary/aromatic N) is 4. The van der Waals surface area contributed by atoms with Gasteiger partial charge in [-0.1, -0.05) is 0 Å². The number of hydrogen-bond acceptors (Lipinski definition) is 6. The summed E-state index contributed by atoms with van der Waals surface area (Å²) in [5, 5.41) is 6.15. The lowest BCUT2D eigenvalue weighted by Gasteiger charge is -2.34. The van der Waals surface area contributed by atoms with Gasteiger partial charge in [0.05, 0.1) is 0 Å². The van der Waals surface area contributed by atoms with E-state index in [-0.39, 0.29) is 11.4 Å². The molecule has 1 aliphatic rings. The van der Waals surface area contributed by atoms with E-state index in [9.17, 15) is 4.79 Å². The monoisotopic (exact) mass is 368 g/mol. The molecule has 0 unspecified atom stereocenters. The minimum absolute atomic E-state index is 0.138. The lowest BCUT2D eigenvalue weighted by molar-refractivity contribution is 0.102. The maximum Gasteiger partial charge on any atom is 0.274 e. The summed E-state index contributed by atoms with van der Waals surface area (Å²) in [7, 11) is 2.14. The molecule has 1 aromatic carbocycles. The van der Waals surface area contributed by atoms with Crippen molar-refractivity contribution in [1.82, 2.24) is 14.9 Å². The van der Waals surface area contributed by atoms with E-state index in [0.29, 0.717) is 11.5 Å². The predicted octanol–water partition coefficient (Wildman–Crippen LogP) is 2.69. The highest BCUT2D eigenvalue weighted by Gasteiger charge is 2.15. The van der Waals surface area contributed by atoms with Crippen molar-refractivity contribution in [2.45, 2.75) is 26.3 Å². The maximum absolute atomic E-state index is 12.5. The van der Waals surface area contributed by atoms with Gasteiger partial charge in [-0.15, -0.1) is 0 Å². The Kier molecular flexibility index (Phi) is 5.60. The molecule has 7 heteroatoms. The molecule has 7 nitrogen and oxygen atoms in total. The number of carbonyl (C=O) groups excluding carboxylic acids is 1. The number of amides is 1. The van der Waals surface area contributed by atoms with Crippen molar-refractivity contribution in [2.75, 3.05) is 48.8 Å². The van der Waals surface area contributed by atoms with Crippen molar-refractivity contribution in [3.05, 3.63) is 42.4 Å². The van der Waals surface area contributed by atoms with Gasteiger partial charge in [-0.25, -0.2) is 9.97 Å². The van der Waals surface area contributed by atoms with Gasteiger partial charge < -0.3 is 20.4 Å². The summed E-state index contributed by atoms with van der Waals surface area (Å²) in [6.07, 6.45) is 1.40. The third kappa shape index (κ3) is 5.40. The summed E-state index contributed by atoms with van der Waals surface area (Å²) in [6, 6.07) is 9.63. The molecule has 2 aromatic rings. The minimum atomic E-state index is -0.248. The van der Waals surface area contributed by atoms with Crippen LogP contribution in [0.15, 0.2) is 36.7 Å². The van der Waals surface area contributed by atoms with Crippen LogP contribution in [0.25, 0.3) is 0 Å². The Bertz CT molecular complexity index is 776. The van der Waals surface area contributed by atoms with Crippen molar-refractivity contribution >= 4 is 23.1 Å². The number of piperazine rings is 1. The molecule has 0 atom stereocenters. The Balaban J connectivity index is 1.63. The normalized spacial score (nSPS) is 15.5. The number of anilines is 3. The topological polar surface area (TPSA) is 73.4 Å². The van der Waals surface area contributed by atoms with Crippen LogP contribution in [0, 0.1) is 0 Å². The van der Waals surface area contributed by atoms with Crippen molar-refractivity contribution in [3.63, 3.8) is 0 Å². The second-order valence-electron chi connectivity index (χ2n) is 7.95. The molecule has 3 rings (SSSR count). The molecular weight excluding hydrogens is 340 g/mol. The Morgan fingerprint density at radius 2 is 1.70 bits per heavy atom. The van der Waals surface area contributed by atoms with E-state index >= 15 is 0 Å². The average Bonchev–Trinajstić information content (AvgIpc) is 2.62. The van der Waals surface area contributed by atoms with Gasteiger partial charge in [-0.2, -0.15) is 0 Å². The number of carbonyl (C=O) groups is 1. The summed E-state index contributed by atoms with van der Waals surface area (Å²) in [4.78, 5) is 25.5. The number of nitrogens with one attached hydrogen (secondary N) is 2. The Hall–Kier alpha value is -2.67. The van der Waals surface area contributed by atoms with Crippen LogP contribution >= 0.6 is 0 Å². The van der Waals surface area contributed by atoms with Gasteiger partial charge in [-0.05, 0) is 52.1 Å². The van der Waals surface area contributed by atoms with Crippen LogP contribution in [0.2, 0.25) is 0 Å². The summed E-state index contributed by atoms with van der Waals surface area (Å²) < 4.78 is 0. The van der Waals surface area contributed by atoms with Crippen LogP contribution in [-0.2, 0) is 0 Å². The van der Waals surface area contributed by atoms with Gasteiger partial charge in [0.1, 0.15) is 17.8 Å². The second-order valence-corrected chi connectivity index (χ2v) is 7.95. The van der Waals surface area contributed by atoms with Crippen molar-refractivity contribution < 1.29 is 4.79 Å². The molecule has 1 aliphatic heterocycles. The van der Waals surface area contributed by atoms with E-state index in [1.165, 1.54) is 12.0 Å². The molecule has 1 saturated heterocycles. The van der Waals surface area contributed by atoms with Gasteiger partial charge in [0, 0.05) is 49.2 Å². The first-order valence-corrected chi connectivity index (χ1v) is 9.25. The molecule has 1 fully saturated rings. The zero-order valence-corrected chi connectivity index (χ0v) is 16.5. The molecule has 2 heterocycles. The molecule has 2 N–H and O–H groups in total. The quantitative estimate of drug-likeness (QED) is 0.864. The lowest BCUT2D eigenvalue weighted by Crippen LogP contribution is -2.44. The zero-order chi connectivity index (χ0) is 19.4. The van der Waals surface area contributed by atoms with Crippen LogP contribution in [0.4, 0.5) is 17.2 Å². The fourth-order valence-electron chi connectivity index (χ4n) is 2.95. The first-order chi connectivity index (χ1) is 12.8. The molecule has 1 aromatic heterocycles. The van der Waals surface area contributed by atoms with Crippen molar-refractivity contribution in [2.24, 2.45) is 0 Å². The molecule has 144 valence electrons. The number of benzene rings is 1. The smallest absolute Gasteiger partial charge is 0.274 e. The fraction of sp³-hybridized carbons (Fsp3) is 0.450. The zero-order valence-electron chi connectivity index (χ0n) is 16.5. The molecule has 0 spiro atoms. The lowest BCUT2D eigenvalue weighted by atomic mass is 10.1. The molecule has 0 bridgehead atoms. The van der Waals surface area contributed by atoms with E-state index in [1.54, 1.807) is 6.07 Å². The predicted molar refractivity (Wildman–Crippen MR) is 110 cm³/mol. The number of rotatable bonds is 4. The molecule has 0 radical (unpaired) electrons. The molecule has 0 aliphatic carbocycles. The van der Waals surface area contributed by atoms with E-state index in [2.05, 4.69) is 37.4 Å². The Morgan fingerprint density at radius 3 is 2.33 bits per heavy atom. The molecule has 1 amide bonds. The van der Waals surface area contributed by atoms with Crippen LogP contribution < -0.4 is 15.5 Å². The SMILES string of the molecule is CN1CCN(c2ccc(NC(=O)c3cc(NC(C)(C)C)ncn3)cc2)CC1. The van der Waals surface area contributed by atoms with Crippen molar-refractivity contribution in [1.29, 1.82) is 0 Å².